The van der Waals surface area contributed by atoms with Crippen LogP contribution in [0, 0.1) is 5.82 Å². The Bertz CT molecular complexity index is 515. The van der Waals surface area contributed by atoms with E-state index in [1.807, 2.05) is 0 Å². The first-order chi connectivity index (χ1) is 9.56. The van der Waals surface area contributed by atoms with Crippen molar-refractivity contribution in [2.75, 3.05) is 6.54 Å². The van der Waals surface area contributed by atoms with Crippen molar-refractivity contribution in [3.63, 3.8) is 0 Å². The van der Waals surface area contributed by atoms with Crippen molar-refractivity contribution in [3.8, 4) is 0 Å². The largest absolute Gasteiger partial charge is 0.481 e. The summed E-state index contributed by atoms with van der Waals surface area (Å²) in [5.41, 5.74) is 1.55. The van der Waals surface area contributed by atoms with Gasteiger partial charge < -0.3 is 15.7 Å². The maximum Gasteiger partial charge on any atom is 0.315 e. The molecular weight excluding hydrogens is 263 g/mol. The number of carboxylic acids is 1. The van der Waals surface area contributed by atoms with Crippen molar-refractivity contribution >= 4 is 12.0 Å². The normalized spacial score (nSPS) is 13.8. The first kappa shape index (κ1) is 14.3. The fourth-order valence-corrected chi connectivity index (χ4v) is 1.92. The Labute approximate surface area is 116 Å². The number of benzene rings is 1. The molecule has 0 bridgehead atoms. The van der Waals surface area contributed by atoms with Crippen molar-refractivity contribution in [3.05, 3.63) is 35.1 Å². The summed E-state index contributed by atoms with van der Waals surface area (Å²) in [4.78, 5) is 21.7. The van der Waals surface area contributed by atoms with Crippen molar-refractivity contribution < 1.29 is 19.1 Å². The van der Waals surface area contributed by atoms with E-state index < -0.39 is 12.0 Å². The molecule has 5 nitrogen and oxygen atoms in total. The molecule has 0 spiro atoms. The van der Waals surface area contributed by atoms with Gasteiger partial charge in [-0.25, -0.2) is 9.18 Å². The van der Waals surface area contributed by atoms with Crippen LogP contribution >= 0.6 is 0 Å². The highest BCUT2D eigenvalue weighted by molar-refractivity contribution is 5.74. The molecule has 2 rings (SSSR count). The van der Waals surface area contributed by atoms with E-state index >= 15 is 0 Å². The van der Waals surface area contributed by atoms with Crippen molar-refractivity contribution in [1.82, 2.24) is 10.6 Å². The average Bonchev–Trinajstić information content (AvgIpc) is 3.21. The molecule has 108 valence electrons. The molecule has 6 heteroatoms. The number of amides is 2. The van der Waals surface area contributed by atoms with Crippen LogP contribution in [0.1, 0.15) is 36.3 Å². The first-order valence-electron chi connectivity index (χ1n) is 6.58. The smallest absolute Gasteiger partial charge is 0.315 e. The first-order valence-corrected chi connectivity index (χ1v) is 6.58. The molecule has 3 N–H and O–H groups in total. The number of nitrogens with one attached hydrogen (secondary N) is 2. The Morgan fingerprint density at radius 3 is 2.70 bits per heavy atom. The summed E-state index contributed by atoms with van der Waals surface area (Å²) >= 11 is 0. The van der Waals surface area contributed by atoms with Gasteiger partial charge in [0.05, 0.1) is 6.42 Å². The van der Waals surface area contributed by atoms with Gasteiger partial charge >= 0.3 is 12.0 Å². The highest BCUT2D eigenvalue weighted by atomic mass is 19.1. The number of rotatable bonds is 6. The van der Waals surface area contributed by atoms with E-state index in [1.54, 1.807) is 12.1 Å². The van der Waals surface area contributed by atoms with E-state index in [1.165, 1.54) is 6.07 Å². The zero-order valence-electron chi connectivity index (χ0n) is 11.0. The molecule has 0 heterocycles. The van der Waals surface area contributed by atoms with Crippen LogP contribution in [0.15, 0.2) is 18.2 Å². The van der Waals surface area contributed by atoms with Gasteiger partial charge in [0.15, 0.2) is 0 Å². The van der Waals surface area contributed by atoms with Crippen LogP contribution in [0.25, 0.3) is 0 Å². The summed E-state index contributed by atoms with van der Waals surface area (Å²) in [6.45, 7) is 0.136. The van der Waals surface area contributed by atoms with E-state index in [0.717, 1.165) is 18.4 Å². The molecule has 1 fully saturated rings. The second-order valence-electron chi connectivity index (χ2n) is 4.88. The monoisotopic (exact) mass is 280 g/mol. The molecule has 0 saturated heterocycles. The second-order valence-corrected chi connectivity index (χ2v) is 4.88. The Kier molecular flexibility index (Phi) is 4.55. The van der Waals surface area contributed by atoms with Gasteiger partial charge in [0.1, 0.15) is 5.82 Å². The van der Waals surface area contributed by atoms with Gasteiger partial charge in [-0.3, -0.25) is 4.79 Å². The van der Waals surface area contributed by atoms with Crippen molar-refractivity contribution in [1.29, 1.82) is 0 Å². The standard InChI is InChI=1S/C14H17FN2O3/c15-12-4-3-10(9-1-2-9)7-11(12)8-17-14(20)16-6-5-13(18)19/h3-4,7,9H,1-2,5-6,8H2,(H,18,19)(H2,16,17,20). The summed E-state index contributed by atoms with van der Waals surface area (Å²) in [5, 5.41) is 13.4. The SMILES string of the molecule is O=C(O)CCNC(=O)NCc1cc(C2CC2)ccc1F. The van der Waals surface area contributed by atoms with Crippen LogP contribution in [0.4, 0.5) is 9.18 Å². The summed E-state index contributed by atoms with van der Waals surface area (Å²) in [7, 11) is 0. The lowest BCUT2D eigenvalue weighted by atomic mass is 10.1. The molecule has 2 amide bonds. The van der Waals surface area contributed by atoms with E-state index in [-0.39, 0.29) is 25.3 Å². The van der Waals surface area contributed by atoms with Gasteiger partial charge in [-0.1, -0.05) is 12.1 Å². The van der Waals surface area contributed by atoms with Gasteiger partial charge in [-0.05, 0) is 30.4 Å². The highest BCUT2D eigenvalue weighted by Gasteiger charge is 2.24. The number of urea groups is 1. The molecule has 0 atom stereocenters. The Hall–Kier alpha value is -2.11. The van der Waals surface area contributed by atoms with Crippen molar-refractivity contribution in [2.24, 2.45) is 0 Å². The molecule has 1 aromatic carbocycles. The number of halogens is 1. The summed E-state index contributed by atoms with van der Waals surface area (Å²) in [5.74, 6) is -0.799. The molecule has 0 unspecified atom stereocenters. The molecule has 1 aliphatic rings. The van der Waals surface area contributed by atoms with Gasteiger partial charge in [-0.15, -0.1) is 0 Å². The highest BCUT2D eigenvalue weighted by Crippen LogP contribution is 2.40. The van der Waals surface area contributed by atoms with E-state index in [4.69, 9.17) is 5.11 Å². The molecule has 1 aromatic rings. The van der Waals surface area contributed by atoms with Gasteiger partial charge in [-0.2, -0.15) is 0 Å². The fraction of sp³-hybridized carbons (Fsp3) is 0.429. The lowest BCUT2D eigenvalue weighted by Gasteiger charge is -2.09. The van der Waals surface area contributed by atoms with Crippen molar-refractivity contribution in [2.45, 2.75) is 31.7 Å². The number of hydrogen-bond acceptors (Lipinski definition) is 2. The Morgan fingerprint density at radius 2 is 2.05 bits per heavy atom. The summed E-state index contributed by atoms with van der Waals surface area (Å²) < 4.78 is 13.6. The van der Waals surface area contributed by atoms with Crippen LogP contribution < -0.4 is 10.6 Å². The molecule has 20 heavy (non-hydrogen) atoms. The number of hydrogen-bond donors (Lipinski definition) is 3. The molecule has 1 saturated carbocycles. The second kappa shape index (κ2) is 6.36. The van der Waals surface area contributed by atoms with Crippen LogP contribution in [-0.2, 0) is 11.3 Å². The fourth-order valence-electron chi connectivity index (χ4n) is 1.92. The maximum absolute atomic E-state index is 13.6. The molecule has 0 aromatic heterocycles. The molecule has 0 radical (unpaired) electrons. The van der Waals surface area contributed by atoms with Crippen LogP contribution in [0.5, 0.6) is 0 Å². The van der Waals surface area contributed by atoms with E-state index in [0.29, 0.717) is 11.5 Å². The number of carbonyl (C=O) groups is 2. The summed E-state index contributed by atoms with van der Waals surface area (Å²) in [6, 6.07) is 4.49. The predicted molar refractivity (Wildman–Crippen MR) is 70.9 cm³/mol. The van der Waals surface area contributed by atoms with Crippen LogP contribution in [0.2, 0.25) is 0 Å². The number of carbonyl (C=O) groups excluding carboxylic acids is 1. The maximum atomic E-state index is 13.6. The van der Waals surface area contributed by atoms with Gasteiger partial charge in [0.25, 0.3) is 0 Å². The molecular formula is C14H17FN2O3. The molecule has 0 aliphatic heterocycles. The quantitative estimate of drug-likeness (QED) is 0.745. The minimum atomic E-state index is -0.978. The van der Waals surface area contributed by atoms with Crippen LogP contribution in [-0.4, -0.2) is 23.7 Å². The minimum Gasteiger partial charge on any atom is -0.481 e. The number of aliphatic carboxylic acids is 1. The zero-order chi connectivity index (χ0) is 14.5. The van der Waals surface area contributed by atoms with E-state index in [2.05, 4.69) is 10.6 Å². The lowest BCUT2D eigenvalue weighted by Crippen LogP contribution is -2.36. The third-order valence-corrected chi connectivity index (χ3v) is 3.18. The Balaban J connectivity index is 1.82. The van der Waals surface area contributed by atoms with Gasteiger partial charge in [0.2, 0.25) is 0 Å². The number of carboxylic acid groups (broad SMARTS) is 1. The van der Waals surface area contributed by atoms with Crippen LogP contribution in [0.3, 0.4) is 0 Å². The topological polar surface area (TPSA) is 78.4 Å². The third kappa shape index (κ3) is 4.22. The van der Waals surface area contributed by atoms with E-state index in [9.17, 15) is 14.0 Å². The average molecular weight is 280 g/mol. The predicted octanol–water partition coefficient (Wildman–Crippen LogP) is 1.98. The summed E-state index contributed by atoms with van der Waals surface area (Å²) in [6.07, 6.45) is 2.13. The third-order valence-electron chi connectivity index (χ3n) is 3.18. The molecule has 1 aliphatic carbocycles. The zero-order valence-corrected chi connectivity index (χ0v) is 11.0. The Morgan fingerprint density at radius 1 is 1.30 bits per heavy atom. The minimum absolute atomic E-state index is 0.0474. The lowest BCUT2D eigenvalue weighted by molar-refractivity contribution is -0.136. The van der Waals surface area contributed by atoms with Gasteiger partial charge in [0, 0.05) is 18.7 Å².